The van der Waals surface area contributed by atoms with Crippen LogP contribution in [0.25, 0.3) is 5.52 Å². The Morgan fingerprint density at radius 1 is 1.07 bits per heavy atom. The van der Waals surface area contributed by atoms with Gasteiger partial charge in [-0.2, -0.15) is 5.10 Å². The van der Waals surface area contributed by atoms with Gasteiger partial charge in [-0.25, -0.2) is 9.31 Å². The summed E-state index contributed by atoms with van der Waals surface area (Å²) < 4.78 is 1.76. The summed E-state index contributed by atoms with van der Waals surface area (Å²) in [6, 6.07) is 5.78. The van der Waals surface area contributed by atoms with Crippen LogP contribution >= 0.6 is 0 Å². The van der Waals surface area contributed by atoms with Crippen LogP contribution in [0.4, 0.5) is 0 Å². The van der Waals surface area contributed by atoms with E-state index in [9.17, 15) is 14.4 Å². The van der Waals surface area contributed by atoms with Gasteiger partial charge in [0.15, 0.2) is 0 Å². The Morgan fingerprint density at radius 3 is 2.54 bits per heavy atom. The number of pyridine rings is 1. The number of nitrogens with zero attached hydrogens (tertiary/aromatic N) is 4. The summed E-state index contributed by atoms with van der Waals surface area (Å²) in [6.07, 6.45) is 6.32. The topological polar surface area (TPSA) is 107 Å². The molecule has 4 heterocycles. The van der Waals surface area contributed by atoms with Crippen LogP contribution in [-0.4, -0.2) is 67.4 Å². The third kappa shape index (κ3) is 3.83. The first-order valence-electron chi connectivity index (χ1n) is 9.33. The quantitative estimate of drug-likeness (QED) is 0.657. The standard InChI is InChI=1S/C19H22N6O3/c26-17(5-4-15-13-20-19(28)22-15)23-7-9-24(10-8-23)18(27)11-14-12-21-25-6-2-1-3-16(14)25/h1-3,6,12-13H,4-5,7-11H2,(H2,20,22,28). The van der Waals surface area contributed by atoms with Gasteiger partial charge in [-0.05, 0) is 18.6 Å². The van der Waals surface area contributed by atoms with E-state index in [2.05, 4.69) is 15.1 Å². The zero-order valence-corrected chi connectivity index (χ0v) is 15.4. The zero-order chi connectivity index (χ0) is 19.5. The number of carbonyl (C=O) groups excluding carboxylic acids is 2. The van der Waals surface area contributed by atoms with Gasteiger partial charge in [0, 0.05) is 56.3 Å². The Balaban J connectivity index is 1.28. The van der Waals surface area contributed by atoms with Crippen LogP contribution in [0.5, 0.6) is 0 Å². The number of hydrogen-bond acceptors (Lipinski definition) is 4. The van der Waals surface area contributed by atoms with Gasteiger partial charge in [0.25, 0.3) is 0 Å². The maximum atomic E-state index is 12.6. The molecule has 3 aromatic rings. The van der Waals surface area contributed by atoms with Crippen LogP contribution in [0, 0.1) is 0 Å². The van der Waals surface area contributed by atoms with Crippen molar-refractivity contribution in [2.24, 2.45) is 0 Å². The molecule has 0 aromatic carbocycles. The Labute approximate surface area is 161 Å². The minimum absolute atomic E-state index is 0.0387. The van der Waals surface area contributed by atoms with Gasteiger partial charge in [0.1, 0.15) is 0 Å². The first kappa shape index (κ1) is 18.0. The van der Waals surface area contributed by atoms with E-state index in [1.54, 1.807) is 26.7 Å². The van der Waals surface area contributed by atoms with Crippen LogP contribution in [0.15, 0.2) is 41.6 Å². The van der Waals surface area contributed by atoms with Crippen molar-refractivity contribution in [1.29, 1.82) is 0 Å². The van der Waals surface area contributed by atoms with Gasteiger partial charge in [-0.3, -0.25) is 9.59 Å². The van der Waals surface area contributed by atoms with Crippen molar-refractivity contribution in [3.05, 3.63) is 58.5 Å². The summed E-state index contributed by atoms with van der Waals surface area (Å²) in [4.78, 5) is 44.9. The first-order chi connectivity index (χ1) is 13.6. The van der Waals surface area contributed by atoms with Crippen molar-refractivity contribution in [1.82, 2.24) is 29.4 Å². The van der Waals surface area contributed by atoms with E-state index < -0.39 is 0 Å². The summed E-state index contributed by atoms with van der Waals surface area (Å²) in [5, 5.41) is 4.27. The van der Waals surface area contributed by atoms with Crippen LogP contribution in [-0.2, 0) is 22.4 Å². The highest BCUT2D eigenvalue weighted by atomic mass is 16.2. The summed E-state index contributed by atoms with van der Waals surface area (Å²) in [5.41, 5.74) is 2.30. The number of aromatic amines is 2. The van der Waals surface area contributed by atoms with E-state index in [4.69, 9.17) is 0 Å². The lowest BCUT2D eigenvalue weighted by atomic mass is 10.1. The molecule has 0 bridgehead atoms. The van der Waals surface area contributed by atoms with Crippen LogP contribution in [0.2, 0.25) is 0 Å². The molecule has 1 saturated heterocycles. The van der Waals surface area contributed by atoms with E-state index >= 15 is 0 Å². The van der Waals surface area contributed by atoms with E-state index in [0.29, 0.717) is 45.4 Å². The van der Waals surface area contributed by atoms with E-state index in [1.165, 1.54) is 0 Å². The van der Waals surface area contributed by atoms with Gasteiger partial charge in [0.05, 0.1) is 18.1 Å². The fraction of sp³-hybridized carbons (Fsp3) is 0.368. The predicted molar refractivity (Wildman–Crippen MR) is 102 cm³/mol. The highest BCUT2D eigenvalue weighted by Gasteiger charge is 2.24. The lowest BCUT2D eigenvalue weighted by molar-refractivity contribution is -0.139. The smallest absolute Gasteiger partial charge is 0.323 e. The summed E-state index contributed by atoms with van der Waals surface area (Å²) in [6.45, 7) is 2.13. The van der Waals surface area contributed by atoms with E-state index in [-0.39, 0.29) is 17.5 Å². The molecule has 0 radical (unpaired) electrons. The highest BCUT2D eigenvalue weighted by molar-refractivity contribution is 5.82. The SMILES string of the molecule is O=C(CCc1c[nH]c(=O)[nH]1)N1CCN(C(=O)Cc2cnn3ccccc23)CC1. The van der Waals surface area contributed by atoms with Gasteiger partial charge in [0.2, 0.25) is 11.8 Å². The second-order valence-electron chi connectivity index (χ2n) is 6.91. The molecule has 1 aliphatic rings. The minimum Gasteiger partial charge on any atom is -0.339 e. The number of aryl methyl sites for hydroxylation is 1. The number of amides is 2. The second-order valence-corrected chi connectivity index (χ2v) is 6.91. The molecule has 2 amide bonds. The van der Waals surface area contributed by atoms with Crippen molar-refractivity contribution >= 4 is 17.3 Å². The Morgan fingerprint density at radius 2 is 1.82 bits per heavy atom. The summed E-state index contributed by atoms with van der Waals surface area (Å²) in [7, 11) is 0. The maximum Gasteiger partial charge on any atom is 0.323 e. The van der Waals surface area contributed by atoms with Crippen LogP contribution in [0.1, 0.15) is 17.7 Å². The molecule has 1 fully saturated rings. The number of imidazole rings is 1. The molecular formula is C19H22N6O3. The number of piperazine rings is 1. The Hall–Kier alpha value is -3.36. The van der Waals surface area contributed by atoms with Crippen molar-refractivity contribution in [3.63, 3.8) is 0 Å². The number of fused-ring (bicyclic) bond motifs is 1. The monoisotopic (exact) mass is 382 g/mol. The maximum absolute atomic E-state index is 12.6. The third-order valence-electron chi connectivity index (χ3n) is 5.09. The van der Waals surface area contributed by atoms with Crippen LogP contribution in [0.3, 0.4) is 0 Å². The average molecular weight is 382 g/mol. The predicted octanol–water partition coefficient (Wildman–Crippen LogP) is 0.197. The molecule has 0 unspecified atom stereocenters. The fourth-order valence-electron chi connectivity index (χ4n) is 3.51. The third-order valence-corrected chi connectivity index (χ3v) is 5.09. The Bertz CT molecular complexity index is 1040. The molecule has 0 saturated carbocycles. The number of carbonyl (C=O) groups is 2. The number of rotatable bonds is 5. The molecule has 0 spiro atoms. The minimum atomic E-state index is -0.263. The van der Waals surface area contributed by atoms with Gasteiger partial charge in [-0.15, -0.1) is 0 Å². The van der Waals surface area contributed by atoms with Gasteiger partial charge < -0.3 is 19.8 Å². The first-order valence-corrected chi connectivity index (χ1v) is 9.33. The number of H-pyrrole nitrogens is 2. The lowest BCUT2D eigenvalue weighted by Crippen LogP contribution is -2.51. The number of nitrogens with one attached hydrogen (secondary N) is 2. The molecule has 4 rings (SSSR count). The molecule has 9 nitrogen and oxygen atoms in total. The van der Waals surface area contributed by atoms with Crippen molar-refractivity contribution in [2.45, 2.75) is 19.3 Å². The molecule has 3 aromatic heterocycles. The molecule has 1 aliphatic heterocycles. The normalized spacial score (nSPS) is 14.6. The van der Waals surface area contributed by atoms with Crippen molar-refractivity contribution in [2.75, 3.05) is 26.2 Å². The molecule has 0 aliphatic carbocycles. The lowest BCUT2D eigenvalue weighted by Gasteiger charge is -2.35. The molecule has 146 valence electrons. The average Bonchev–Trinajstić information content (AvgIpc) is 3.32. The van der Waals surface area contributed by atoms with E-state index in [1.807, 2.05) is 24.4 Å². The molecule has 0 atom stereocenters. The number of aromatic nitrogens is 4. The summed E-state index contributed by atoms with van der Waals surface area (Å²) in [5.74, 6) is 0.0903. The van der Waals surface area contributed by atoms with Crippen molar-refractivity contribution in [3.8, 4) is 0 Å². The molecular weight excluding hydrogens is 360 g/mol. The zero-order valence-electron chi connectivity index (χ0n) is 15.4. The number of hydrogen-bond donors (Lipinski definition) is 2. The Kier molecular flexibility index (Phi) is 4.96. The molecule has 28 heavy (non-hydrogen) atoms. The van der Waals surface area contributed by atoms with Crippen molar-refractivity contribution < 1.29 is 9.59 Å². The molecule has 9 heteroatoms. The van der Waals surface area contributed by atoms with Gasteiger partial charge in [-0.1, -0.05) is 6.07 Å². The largest absolute Gasteiger partial charge is 0.339 e. The fourth-order valence-corrected chi connectivity index (χ4v) is 3.51. The van der Waals surface area contributed by atoms with Crippen LogP contribution < -0.4 is 5.69 Å². The molecule has 2 N–H and O–H groups in total. The second kappa shape index (κ2) is 7.71. The van der Waals surface area contributed by atoms with Gasteiger partial charge >= 0.3 is 5.69 Å². The van der Waals surface area contributed by atoms with E-state index in [0.717, 1.165) is 16.8 Å². The summed E-state index contributed by atoms with van der Waals surface area (Å²) >= 11 is 0. The highest BCUT2D eigenvalue weighted by Crippen LogP contribution is 2.13.